The van der Waals surface area contributed by atoms with Gasteiger partial charge >= 0.3 is 0 Å². The van der Waals surface area contributed by atoms with E-state index in [1.165, 1.54) is 6.07 Å². The topological polar surface area (TPSA) is 63.2 Å². The van der Waals surface area contributed by atoms with Crippen LogP contribution in [0, 0.1) is 11.7 Å². The molecule has 0 saturated carbocycles. The zero-order valence-corrected chi connectivity index (χ0v) is 12.7. The van der Waals surface area contributed by atoms with Crippen molar-refractivity contribution in [2.45, 2.75) is 25.7 Å². The number of nitrogens with one attached hydrogen (secondary N) is 1. The minimum atomic E-state index is -2.82. The van der Waals surface area contributed by atoms with Crippen molar-refractivity contribution in [3.8, 4) is 0 Å². The summed E-state index contributed by atoms with van der Waals surface area (Å²) >= 11 is 0. The fourth-order valence-electron chi connectivity index (χ4n) is 2.60. The molecule has 0 radical (unpaired) electrons. The van der Waals surface area contributed by atoms with Crippen LogP contribution in [0.15, 0.2) is 24.3 Å². The summed E-state index contributed by atoms with van der Waals surface area (Å²) in [6, 6.07) is 6.22. The second-order valence-electron chi connectivity index (χ2n) is 5.53. The smallest absolute Gasteiger partial charge is 0.224 e. The first-order valence-corrected chi connectivity index (χ1v) is 8.99. The Hall–Kier alpha value is -1.43. The number of rotatable bonds is 6. The summed E-state index contributed by atoms with van der Waals surface area (Å²) in [7, 11) is -2.82. The van der Waals surface area contributed by atoms with E-state index in [9.17, 15) is 17.6 Å². The van der Waals surface area contributed by atoms with E-state index in [2.05, 4.69) is 5.32 Å². The van der Waals surface area contributed by atoms with Crippen molar-refractivity contribution in [1.82, 2.24) is 5.32 Å². The van der Waals surface area contributed by atoms with Gasteiger partial charge in [-0.2, -0.15) is 0 Å². The number of hydrogen-bond donors (Lipinski definition) is 1. The lowest BCUT2D eigenvalue weighted by Gasteiger charge is -2.09. The molecule has 1 fully saturated rings. The first-order chi connectivity index (χ1) is 9.96. The molecular weight excluding hydrogens is 293 g/mol. The fraction of sp³-hybridized carbons (Fsp3) is 0.533. The molecule has 1 saturated heterocycles. The Morgan fingerprint density at radius 3 is 2.76 bits per heavy atom. The summed E-state index contributed by atoms with van der Waals surface area (Å²) in [4.78, 5) is 11.7. The number of carbonyl (C=O) groups is 1. The molecule has 1 atom stereocenters. The van der Waals surface area contributed by atoms with Gasteiger partial charge in [-0.05, 0) is 36.8 Å². The van der Waals surface area contributed by atoms with Crippen LogP contribution in [-0.4, -0.2) is 32.4 Å². The van der Waals surface area contributed by atoms with E-state index in [-0.39, 0.29) is 35.6 Å². The lowest BCUT2D eigenvalue weighted by atomic mass is 10.0. The van der Waals surface area contributed by atoms with Crippen molar-refractivity contribution in [3.63, 3.8) is 0 Å². The average molecular weight is 313 g/mol. The van der Waals surface area contributed by atoms with Crippen LogP contribution in [0.1, 0.15) is 24.8 Å². The first kappa shape index (κ1) is 15.9. The number of benzene rings is 1. The molecule has 0 bridgehead atoms. The van der Waals surface area contributed by atoms with Crippen LogP contribution in [0.5, 0.6) is 0 Å². The van der Waals surface area contributed by atoms with E-state index in [0.29, 0.717) is 12.1 Å². The highest BCUT2D eigenvalue weighted by molar-refractivity contribution is 7.91. The quantitative estimate of drug-likeness (QED) is 0.813. The average Bonchev–Trinajstić information content (AvgIpc) is 2.77. The Kier molecular flexibility index (Phi) is 5.33. The zero-order chi connectivity index (χ0) is 15.3. The molecule has 1 amide bonds. The summed E-state index contributed by atoms with van der Waals surface area (Å²) < 4.78 is 36.0. The van der Waals surface area contributed by atoms with E-state index >= 15 is 0 Å². The summed E-state index contributed by atoms with van der Waals surface area (Å²) in [5.41, 5.74) is 0.386. The monoisotopic (exact) mass is 313 g/mol. The third kappa shape index (κ3) is 5.12. The molecule has 6 heteroatoms. The summed E-state index contributed by atoms with van der Waals surface area (Å²) in [5.74, 6) is 0.203. The summed E-state index contributed by atoms with van der Waals surface area (Å²) in [5, 5.41) is 2.75. The SMILES string of the molecule is O=C(Cc1ccccc1F)NCCCC1CCS(=O)(=O)C1. The minimum Gasteiger partial charge on any atom is -0.356 e. The third-order valence-corrected chi connectivity index (χ3v) is 5.58. The largest absolute Gasteiger partial charge is 0.356 e. The second kappa shape index (κ2) is 7.02. The van der Waals surface area contributed by atoms with E-state index in [1.807, 2.05) is 0 Å². The van der Waals surface area contributed by atoms with Crippen molar-refractivity contribution < 1.29 is 17.6 Å². The standard InChI is InChI=1S/C15H20FNO3S/c16-14-6-2-1-5-13(14)10-15(18)17-8-3-4-12-7-9-21(19,20)11-12/h1-2,5-6,12H,3-4,7-11H2,(H,17,18). The molecule has 1 heterocycles. The molecule has 1 aromatic carbocycles. The van der Waals surface area contributed by atoms with E-state index in [0.717, 1.165) is 19.3 Å². The van der Waals surface area contributed by atoms with Gasteiger partial charge in [-0.25, -0.2) is 12.8 Å². The maximum Gasteiger partial charge on any atom is 0.224 e. The van der Waals surface area contributed by atoms with E-state index < -0.39 is 9.84 Å². The fourth-order valence-corrected chi connectivity index (χ4v) is 4.51. The maximum absolute atomic E-state index is 13.4. The zero-order valence-electron chi connectivity index (χ0n) is 11.8. The third-order valence-electron chi connectivity index (χ3n) is 3.75. The Labute approximate surface area is 124 Å². The lowest BCUT2D eigenvalue weighted by molar-refractivity contribution is -0.120. The highest BCUT2D eigenvalue weighted by atomic mass is 32.2. The van der Waals surface area contributed by atoms with Gasteiger partial charge in [0.05, 0.1) is 17.9 Å². The van der Waals surface area contributed by atoms with Gasteiger partial charge in [0.25, 0.3) is 0 Å². The Morgan fingerprint density at radius 1 is 1.33 bits per heavy atom. The Bertz CT molecular complexity index is 601. The maximum atomic E-state index is 13.4. The van der Waals surface area contributed by atoms with Crippen molar-refractivity contribution in [1.29, 1.82) is 0 Å². The first-order valence-electron chi connectivity index (χ1n) is 7.17. The molecule has 1 aliphatic heterocycles. The molecule has 21 heavy (non-hydrogen) atoms. The second-order valence-corrected chi connectivity index (χ2v) is 7.76. The molecule has 2 rings (SSSR count). The highest BCUT2D eigenvalue weighted by Gasteiger charge is 2.27. The van der Waals surface area contributed by atoms with Crippen LogP contribution < -0.4 is 5.32 Å². The Balaban J connectivity index is 1.65. The van der Waals surface area contributed by atoms with Crippen molar-refractivity contribution in [2.75, 3.05) is 18.1 Å². The Morgan fingerprint density at radius 2 is 2.10 bits per heavy atom. The molecule has 1 aliphatic rings. The van der Waals surface area contributed by atoms with Crippen LogP contribution in [0.4, 0.5) is 4.39 Å². The van der Waals surface area contributed by atoms with E-state index in [1.54, 1.807) is 18.2 Å². The molecule has 0 spiro atoms. The minimum absolute atomic E-state index is 0.0322. The molecule has 4 nitrogen and oxygen atoms in total. The molecule has 1 aromatic rings. The lowest BCUT2D eigenvalue weighted by Crippen LogP contribution is -2.26. The van der Waals surface area contributed by atoms with Crippen molar-refractivity contribution in [3.05, 3.63) is 35.6 Å². The van der Waals surface area contributed by atoms with Crippen LogP contribution in [-0.2, 0) is 21.1 Å². The van der Waals surface area contributed by atoms with Gasteiger partial charge in [-0.3, -0.25) is 4.79 Å². The molecule has 116 valence electrons. The van der Waals surface area contributed by atoms with Crippen molar-refractivity contribution in [2.24, 2.45) is 5.92 Å². The molecule has 0 aromatic heterocycles. The predicted octanol–water partition coefficient (Wildman–Crippen LogP) is 1.70. The predicted molar refractivity (Wildman–Crippen MR) is 79.1 cm³/mol. The summed E-state index contributed by atoms with van der Waals surface area (Å²) in [6.45, 7) is 0.504. The van der Waals surface area contributed by atoms with Gasteiger partial charge in [0.2, 0.25) is 5.91 Å². The molecule has 0 aliphatic carbocycles. The molecule has 1 unspecified atom stereocenters. The normalized spacial score (nSPS) is 20.3. The number of carbonyl (C=O) groups excluding carboxylic acids is 1. The highest BCUT2D eigenvalue weighted by Crippen LogP contribution is 2.22. The molecular formula is C15H20FNO3S. The van der Waals surface area contributed by atoms with Gasteiger partial charge in [0.1, 0.15) is 5.82 Å². The number of hydrogen-bond acceptors (Lipinski definition) is 3. The van der Waals surface area contributed by atoms with Gasteiger partial charge < -0.3 is 5.32 Å². The van der Waals surface area contributed by atoms with Gasteiger partial charge in [0.15, 0.2) is 9.84 Å². The van der Waals surface area contributed by atoms with Crippen LogP contribution in [0.25, 0.3) is 0 Å². The number of amides is 1. The van der Waals surface area contributed by atoms with Crippen LogP contribution >= 0.6 is 0 Å². The molecule has 1 N–H and O–H groups in total. The van der Waals surface area contributed by atoms with Crippen LogP contribution in [0.2, 0.25) is 0 Å². The van der Waals surface area contributed by atoms with Crippen LogP contribution in [0.3, 0.4) is 0 Å². The van der Waals surface area contributed by atoms with Gasteiger partial charge in [-0.15, -0.1) is 0 Å². The van der Waals surface area contributed by atoms with E-state index in [4.69, 9.17) is 0 Å². The number of halogens is 1. The van der Waals surface area contributed by atoms with Gasteiger partial charge in [0, 0.05) is 6.54 Å². The van der Waals surface area contributed by atoms with Gasteiger partial charge in [-0.1, -0.05) is 18.2 Å². The summed E-state index contributed by atoms with van der Waals surface area (Å²) in [6.07, 6.45) is 2.32. The van der Waals surface area contributed by atoms with Crippen molar-refractivity contribution >= 4 is 15.7 Å². The number of sulfone groups is 1.